The highest BCUT2D eigenvalue weighted by atomic mass is 35.5. The zero-order valence-electron chi connectivity index (χ0n) is 9.75. The van der Waals surface area contributed by atoms with E-state index in [9.17, 15) is 5.11 Å². The molecule has 5 heteroatoms. The molecule has 3 rings (SSSR count). The SMILES string of the molecule is Oc1c(N=Nc2ccccc2Cl)sc2ccccc12. The molecular formula is C14H9ClN2OS. The van der Waals surface area contributed by atoms with Crippen molar-refractivity contribution in [3.05, 3.63) is 53.6 Å². The summed E-state index contributed by atoms with van der Waals surface area (Å²) in [7, 11) is 0. The van der Waals surface area contributed by atoms with Crippen LogP contribution in [0.3, 0.4) is 0 Å². The second-order valence-corrected chi connectivity index (χ2v) is 5.34. The predicted molar refractivity (Wildman–Crippen MR) is 79.1 cm³/mol. The first-order chi connectivity index (χ1) is 9.25. The summed E-state index contributed by atoms with van der Waals surface area (Å²) in [4.78, 5) is 0. The summed E-state index contributed by atoms with van der Waals surface area (Å²) in [6.45, 7) is 0. The molecule has 2 aromatic carbocycles. The van der Waals surface area contributed by atoms with Gasteiger partial charge in [0.2, 0.25) is 0 Å². The smallest absolute Gasteiger partial charge is 0.181 e. The molecule has 0 fully saturated rings. The normalized spacial score (nSPS) is 11.4. The second kappa shape index (κ2) is 4.99. The fraction of sp³-hybridized carbons (Fsp3) is 0. The van der Waals surface area contributed by atoms with Crippen LogP contribution < -0.4 is 0 Å². The lowest BCUT2D eigenvalue weighted by molar-refractivity contribution is 0.484. The molecule has 94 valence electrons. The lowest BCUT2D eigenvalue weighted by atomic mass is 10.2. The van der Waals surface area contributed by atoms with Crippen molar-refractivity contribution in [2.75, 3.05) is 0 Å². The van der Waals surface area contributed by atoms with Gasteiger partial charge in [-0.3, -0.25) is 0 Å². The van der Waals surface area contributed by atoms with Crippen molar-refractivity contribution in [3.8, 4) is 5.75 Å². The Balaban J connectivity index is 2.02. The zero-order valence-corrected chi connectivity index (χ0v) is 11.3. The fourth-order valence-corrected chi connectivity index (χ4v) is 2.81. The quantitative estimate of drug-likeness (QED) is 0.606. The number of rotatable bonds is 2. The van der Waals surface area contributed by atoms with Gasteiger partial charge in [0.1, 0.15) is 5.69 Å². The molecule has 0 aliphatic carbocycles. The molecule has 0 unspecified atom stereocenters. The largest absolute Gasteiger partial charge is 0.504 e. The summed E-state index contributed by atoms with van der Waals surface area (Å²) >= 11 is 7.39. The van der Waals surface area contributed by atoms with Crippen molar-refractivity contribution in [2.24, 2.45) is 10.2 Å². The predicted octanol–water partition coefficient (Wildman–Crippen LogP) is 5.68. The van der Waals surface area contributed by atoms with Crippen LogP contribution in [0, 0.1) is 0 Å². The van der Waals surface area contributed by atoms with Gasteiger partial charge in [-0.05, 0) is 24.3 Å². The van der Waals surface area contributed by atoms with Crippen LogP contribution in [-0.2, 0) is 0 Å². The third kappa shape index (κ3) is 2.32. The van der Waals surface area contributed by atoms with Gasteiger partial charge in [0.15, 0.2) is 10.8 Å². The Bertz CT molecular complexity index is 767. The summed E-state index contributed by atoms with van der Waals surface area (Å²) < 4.78 is 0.980. The van der Waals surface area contributed by atoms with Crippen LogP contribution in [0.2, 0.25) is 5.02 Å². The molecule has 0 aliphatic rings. The maximum Gasteiger partial charge on any atom is 0.181 e. The summed E-state index contributed by atoms with van der Waals surface area (Å²) in [6, 6.07) is 14.8. The van der Waals surface area contributed by atoms with Crippen LogP contribution in [0.15, 0.2) is 58.8 Å². The van der Waals surface area contributed by atoms with E-state index in [0.29, 0.717) is 15.7 Å². The van der Waals surface area contributed by atoms with Gasteiger partial charge in [0.05, 0.1) is 5.02 Å². The van der Waals surface area contributed by atoms with Crippen LogP contribution in [-0.4, -0.2) is 5.11 Å². The Hall–Kier alpha value is -1.91. The molecule has 0 atom stereocenters. The Morgan fingerprint density at radius 2 is 1.68 bits per heavy atom. The van der Waals surface area contributed by atoms with Crippen molar-refractivity contribution in [3.63, 3.8) is 0 Å². The van der Waals surface area contributed by atoms with E-state index in [1.165, 1.54) is 11.3 Å². The van der Waals surface area contributed by atoms with E-state index in [1.54, 1.807) is 12.1 Å². The fourth-order valence-electron chi connectivity index (χ4n) is 1.72. The Labute approximate surface area is 118 Å². The highest BCUT2D eigenvalue weighted by Crippen LogP contribution is 2.43. The number of aromatic hydroxyl groups is 1. The van der Waals surface area contributed by atoms with Crippen molar-refractivity contribution >= 4 is 43.7 Å². The third-order valence-corrected chi connectivity index (χ3v) is 4.02. The maximum atomic E-state index is 10.1. The molecule has 3 aromatic rings. The van der Waals surface area contributed by atoms with Crippen molar-refractivity contribution < 1.29 is 5.11 Å². The third-order valence-electron chi connectivity index (χ3n) is 2.65. The molecule has 0 radical (unpaired) electrons. The molecule has 0 saturated heterocycles. The number of hydrogen-bond donors (Lipinski definition) is 1. The number of benzene rings is 2. The van der Waals surface area contributed by atoms with Gasteiger partial charge in [-0.15, -0.1) is 21.6 Å². The molecule has 1 N–H and O–H groups in total. The van der Waals surface area contributed by atoms with E-state index < -0.39 is 0 Å². The molecule has 0 amide bonds. The van der Waals surface area contributed by atoms with Crippen molar-refractivity contribution in [1.29, 1.82) is 0 Å². The number of azo groups is 1. The number of thiophene rings is 1. The van der Waals surface area contributed by atoms with Gasteiger partial charge in [-0.2, -0.15) is 0 Å². The number of nitrogens with zero attached hydrogens (tertiary/aromatic N) is 2. The first kappa shape index (κ1) is 12.1. The minimum atomic E-state index is 0.163. The van der Waals surface area contributed by atoms with Crippen LogP contribution in [0.25, 0.3) is 10.1 Å². The lowest BCUT2D eigenvalue weighted by Gasteiger charge is -1.94. The van der Waals surface area contributed by atoms with Crippen LogP contribution in [0.5, 0.6) is 5.75 Å². The first-order valence-electron chi connectivity index (χ1n) is 5.62. The van der Waals surface area contributed by atoms with Gasteiger partial charge in [-0.1, -0.05) is 35.9 Å². The first-order valence-corrected chi connectivity index (χ1v) is 6.82. The minimum absolute atomic E-state index is 0.163. The van der Waals surface area contributed by atoms with Gasteiger partial charge in [0.25, 0.3) is 0 Å². The highest BCUT2D eigenvalue weighted by molar-refractivity contribution is 7.23. The Morgan fingerprint density at radius 1 is 0.947 bits per heavy atom. The number of fused-ring (bicyclic) bond motifs is 1. The zero-order chi connectivity index (χ0) is 13.2. The van der Waals surface area contributed by atoms with E-state index in [0.717, 1.165) is 10.1 Å². The van der Waals surface area contributed by atoms with Crippen LogP contribution >= 0.6 is 22.9 Å². The average molecular weight is 289 g/mol. The summed E-state index contributed by atoms with van der Waals surface area (Å²) in [5, 5.41) is 20.0. The van der Waals surface area contributed by atoms with Gasteiger partial charge in [-0.25, -0.2) is 0 Å². The Kier molecular flexibility index (Phi) is 3.19. The molecule has 19 heavy (non-hydrogen) atoms. The monoisotopic (exact) mass is 288 g/mol. The van der Waals surface area contributed by atoms with E-state index >= 15 is 0 Å². The van der Waals surface area contributed by atoms with Gasteiger partial charge < -0.3 is 5.11 Å². The van der Waals surface area contributed by atoms with Crippen LogP contribution in [0.1, 0.15) is 0 Å². The lowest BCUT2D eigenvalue weighted by Crippen LogP contribution is -1.65. The maximum absolute atomic E-state index is 10.1. The molecule has 3 nitrogen and oxygen atoms in total. The second-order valence-electron chi connectivity index (χ2n) is 3.90. The molecular weight excluding hydrogens is 280 g/mol. The average Bonchev–Trinajstić information content (AvgIpc) is 2.75. The van der Waals surface area contributed by atoms with E-state index in [2.05, 4.69) is 10.2 Å². The van der Waals surface area contributed by atoms with Crippen LogP contribution in [0.4, 0.5) is 10.7 Å². The van der Waals surface area contributed by atoms with Gasteiger partial charge in [0, 0.05) is 10.1 Å². The molecule has 1 heterocycles. The minimum Gasteiger partial charge on any atom is -0.504 e. The van der Waals surface area contributed by atoms with Crippen molar-refractivity contribution in [2.45, 2.75) is 0 Å². The highest BCUT2D eigenvalue weighted by Gasteiger charge is 2.09. The van der Waals surface area contributed by atoms with Crippen molar-refractivity contribution in [1.82, 2.24) is 0 Å². The summed E-state index contributed by atoms with van der Waals surface area (Å²) in [5.74, 6) is 0.163. The number of hydrogen-bond acceptors (Lipinski definition) is 4. The summed E-state index contributed by atoms with van der Waals surface area (Å²) in [6.07, 6.45) is 0. The number of halogens is 1. The molecule has 0 saturated carbocycles. The molecule has 0 aliphatic heterocycles. The Morgan fingerprint density at radius 3 is 2.47 bits per heavy atom. The molecule has 0 bridgehead atoms. The molecule has 1 aromatic heterocycles. The molecule has 0 spiro atoms. The van der Waals surface area contributed by atoms with Gasteiger partial charge >= 0.3 is 0 Å². The van der Waals surface area contributed by atoms with E-state index in [1.807, 2.05) is 36.4 Å². The van der Waals surface area contributed by atoms with E-state index in [-0.39, 0.29) is 5.75 Å². The topological polar surface area (TPSA) is 45.0 Å². The summed E-state index contributed by atoms with van der Waals surface area (Å²) in [5.41, 5.74) is 0.584. The van der Waals surface area contributed by atoms with E-state index in [4.69, 9.17) is 11.6 Å². The standard InChI is InChI=1S/C14H9ClN2OS/c15-10-6-2-3-7-11(10)16-17-14-13(18)9-5-1-4-8-12(9)19-14/h1-8,18H.